The molecule has 2 aromatic rings. The van der Waals surface area contributed by atoms with Gasteiger partial charge in [0.05, 0.1) is 10.7 Å². The quantitative estimate of drug-likeness (QED) is 0.918. The highest BCUT2D eigenvalue weighted by Gasteiger charge is 2.09. The Bertz CT molecular complexity index is 585. The first-order valence-electron chi connectivity index (χ1n) is 6.32. The molecule has 0 radical (unpaired) electrons. The van der Waals surface area contributed by atoms with Crippen LogP contribution in [0.2, 0.25) is 0 Å². The SMILES string of the molecule is Cc1nc(-c2ccc(NC(=O)C(C)C)cc2)c(C)s1. The molecule has 19 heavy (non-hydrogen) atoms. The molecule has 1 heterocycles. The van der Waals surface area contributed by atoms with Gasteiger partial charge in [0.1, 0.15) is 0 Å². The second-order valence-corrected chi connectivity index (χ2v) is 6.27. The zero-order chi connectivity index (χ0) is 14.0. The van der Waals surface area contributed by atoms with E-state index in [1.54, 1.807) is 11.3 Å². The fourth-order valence-corrected chi connectivity index (χ4v) is 2.63. The maximum atomic E-state index is 11.6. The fraction of sp³-hybridized carbons (Fsp3) is 0.333. The Labute approximate surface area is 117 Å². The number of anilines is 1. The summed E-state index contributed by atoms with van der Waals surface area (Å²) in [7, 11) is 0. The van der Waals surface area contributed by atoms with E-state index in [1.165, 1.54) is 4.88 Å². The Kier molecular flexibility index (Phi) is 4.00. The highest BCUT2D eigenvalue weighted by molar-refractivity contribution is 7.11. The Morgan fingerprint density at radius 3 is 2.32 bits per heavy atom. The van der Waals surface area contributed by atoms with E-state index in [2.05, 4.69) is 17.2 Å². The van der Waals surface area contributed by atoms with Crippen LogP contribution in [-0.4, -0.2) is 10.9 Å². The monoisotopic (exact) mass is 274 g/mol. The lowest BCUT2D eigenvalue weighted by Crippen LogP contribution is -2.17. The lowest BCUT2D eigenvalue weighted by atomic mass is 10.1. The first-order chi connectivity index (χ1) is 8.97. The van der Waals surface area contributed by atoms with Crippen molar-refractivity contribution in [3.63, 3.8) is 0 Å². The summed E-state index contributed by atoms with van der Waals surface area (Å²) >= 11 is 1.70. The zero-order valence-electron chi connectivity index (χ0n) is 11.7. The van der Waals surface area contributed by atoms with Crippen LogP contribution in [0.25, 0.3) is 11.3 Å². The van der Waals surface area contributed by atoms with E-state index < -0.39 is 0 Å². The molecule has 1 amide bonds. The number of hydrogen-bond donors (Lipinski definition) is 1. The van der Waals surface area contributed by atoms with E-state index in [-0.39, 0.29) is 11.8 Å². The molecule has 1 aromatic carbocycles. The van der Waals surface area contributed by atoms with Crippen molar-refractivity contribution < 1.29 is 4.79 Å². The van der Waals surface area contributed by atoms with Crippen molar-refractivity contribution in [3.8, 4) is 11.3 Å². The minimum absolute atomic E-state index is 0.0110. The van der Waals surface area contributed by atoms with Gasteiger partial charge in [-0.1, -0.05) is 26.0 Å². The fourth-order valence-electron chi connectivity index (χ4n) is 1.79. The number of nitrogens with zero attached hydrogens (tertiary/aromatic N) is 1. The average molecular weight is 274 g/mol. The number of hydrogen-bond acceptors (Lipinski definition) is 3. The van der Waals surface area contributed by atoms with Crippen molar-refractivity contribution in [1.29, 1.82) is 0 Å². The Hall–Kier alpha value is -1.68. The molecule has 0 unspecified atom stereocenters. The number of rotatable bonds is 3. The van der Waals surface area contributed by atoms with Gasteiger partial charge >= 0.3 is 0 Å². The smallest absolute Gasteiger partial charge is 0.226 e. The van der Waals surface area contributed by atoms with Gasteiger partial charge in [0, 0.05) is 22.0 Å². The van der Waals surface area contributed by atoms with Crippen molar-refractivity contribution in [2.24, 2.45) is 5.92 Å². The molecule has 1 N–H and O–H groups in total. The van der Waals surface area contributed by atoms with Crippen molar-refractivity contribution in [3.05, 3.63) is 34.2 Å². The molecule has 1 aromatic heterocycles. The van der Waals surface area contributed by atoms with E-state index in [0.717, 1.165) is 22.0 Å². The van der Waals surface area contributed by atoms with Gasteiger partial charge in [0.25, 0.3) is 0 Å². The minimum atomic E-state index is -0.0110. The van der Waals surface area contributed by atoms with E-state index in [4.69, 9.17) is 0 Å². The summed E-state index contributed by atoms with van der Waals surface area (Å²) in [5.41, 5.74) is 2.95. The van der Waals surface area contributed by atoms with E-state index in [0.29, 0.717) is 0 Å². The molecule has 100 valence electrons. The van der Waals surface area contributed by atoms with Crippen LogP contribution in [0, 0.1) is 19.8 Å². The third-order valence-electron chi connectivity index (χ3n) is 2.85. The molecular formula is C15H18N2OS. The topological polar surface area (TPSA) is 42.0 Å². The molecule has 3 nitrogen and oxygen atoms in total. The van der Waals surface area contributed by atoms with Crippen LogP contribution in [0.4, 0.5) is 5.69 Å². The first kappa shape index (κ1) is 13.7. The standard InChI is InChI=1S/C15H18N2OS/c1-9(2)15(18)17-13-7-5-12(6-8-13)14-10(3)19-11(4)16-14/h5-9H,1-4H3,(H,17,18). The molecule has 0 saturated heterocycles. The summed E-state index contributed by atoms with van der Waals surface area (Å²) < 4.78 is 0. The summed E-state index contributed by atoms with van der Waals surface area (Å²) in [4.78, 5) is 17.4. The highest BCUT2D eigenvalue weighted by Crippen LogP contribution is 2.28. The number of amides is 1. The van der Waals surface area contributed by atoms with Crippen molar-refractivity contribution >= 4 is 22.9 Å². The highest BCUT2D eigenvalue weighted by atomic mass is 32.1. The number of thiazole rings is 1. The largest absolute Gasteiger partial charge is 0.326 e. The summed E-state index contributed by atoms with van der Waals surface area (Å²) in [6.07, 6.45) is 0. The Morgan fingerprint density at radius 2 is 1.84 bits per heavy atom. The van der Waals surface area contributed by atoms with Gasteiger partial charge in [-0.2, -0.15) is 0 Å². The number of carbonyl (C=O) groups is 1. The van der Waals surface area contributed by atoms with E-state index in [1.807, 2.05) is 45.0 Å². The van der Waals surface area contributed by atoms with E-state index in [9.17, 15) is 4.79 Å². The maximum absolute atomic E-state index is 11.6. The predicted octanol–water partition coefficient (Wildman–Crippen LogP) is 4.02. The van der Waals surface area contributed by atoms with Crippen LogP contribution in [0.5, 0.6) is 0 Å². The predicted molar refractivity (Wildman–Crippen MR) is 80.5 cm³/mol. The molecule has 0 aliphatic rings. The second kappa shape index (κ2) is 5.53. The molecule has 4 heteroatoms. The lowest BCUT2D eigenvalue weighted by molar-refractivity contribution is -0.118. The van der Waals surface area contributed by atoms with Gasteiger partial charge in [-0.05, 0) is 26.0 Å². The number of nitrogens with one attached hydrogen (secondary N) is 1. The van der Waals surface area contributed by atoms with Crippen LogP contribution in [-0.2, 0) is 4.79 Å². The minimum Gasteiger partial charge on any atom is -0.326 e. The zero-order valence-corrected chi connectivity index (χ0v) is 12.5. The molecular weight excluding hydrogens is 256 g/mol. The molecule has 0 aliphatic carbocycles. The van der Waals surface area contributed by atoms with Crippen molar-refractivity contribution in [2.75, 3.05) is 5.32 Å². The van der Waals surface area contributed by atoms with Crippen LogP contribution in [0.3, 0.4) is 0 Å². The lowest BCUT2D eigenvalue weighted by Gasteiger charge is -2.08. The normalized spacial score (nSPS) is 10.8. The third kappa shape index (κ3) is 3.20. The summed E-state index contributed by atoms with van der Waals surface area (Å²) in [5, 5.41) is 3.96. The van der Waals surface area contributed by atoms with Crippen molar-refractivity contribution in [2.45, 2.75) is 27.7 Å². The maximum Gasteiger partial charge on any atom is 0.226 e. The molecule has 0 fully saturated rings. The summed E-state index contributed by atoms with van der Waals surface area (Å²) in [5.74, 6) is 0.0246. The number of aryl methyl sites for hydroxylation is 2. The van der Waals surface area contributed by atoms with E-state index >= 15 is 0 Å². The average Bonchev–Trinajstić information content (AvgIpc) is 2.69. The van der Waals surface area contributed by atoms with Crippen LogP contribution in [0.1, 0.15) is 23.7 Å². The summed E-state index contributed by atoms with van der Waals surface area (Å²) in [6, 6.07) is 7.84. The van der Waals surface area contributed by atoms with Crippen LogP contribution in [0.15, 0.2) is 24.3 Å². The molecule has 0 spiro atoms. The van der Waals surface area contributed by atoms with Gasteiger partial charge in [-0.3, -0.25) is 4.79 Å². The second-order valence-electron chi connectivity index (χ2n) is 4.86. The van der Waals surface area contributed by atoms with Crippen molar-refractivity contribution in [1.82, 2.24) is 4.98 Å². The van der Waals surface area contributed by atoms with Gasteiger partial charge < -0.3 is 5.32 Å². The van der Waals surface area contributed by atoms with Gasteiger partial charge in [-0.15, -0.1) is 11.3 Å². The molecule has 0 aliphatic heterocycles. The summed E-state index contributed by atoms with van der Waals surface area (Å²) in [6.45, 7) is 7.85. The molecule has 0 atom stereocenters. The van der Waals surface area contributed by atoms with Crippen LogP contribution >= 0.6 is 11.3 Å². The Balaban J connectivity index is 2.19. The number of carbonyl (C=O) groups excluding carboxylic acids is 1. The van der Waals surface area contributed by atoms with Gasteiger partial charge in [0.2, 0.25) is 5.91 Å². The molecule has 2 rings (SSSR count). The number of aromatic nitrogens is 1. The van der Waals surface area contributed by atoms with Gasteiger partial charge in [0.15, 0.2) is 0 Å². The molecule has 0 bridgehead atoms. The Morgan fingerprint density at radius 1 is 1.21 bits per heavy atom. The third-order valence-corrected chi connectivity index (χ3v) is 3.74. The van der Waals surface area contributed by atoms with Gasteiger partial charge in [-0.25, -0.2) is 4.98 Å². The number of benzene rings is 1. The van der Waals surface area contributed by atoms with Crippen LogP contribution < -0.4 is 5.32 Å². The molecule has 0 saturated carbocycles. The first-order valence-corrected chi connectivity index (χ1v) is 7.14.